The molecular weight excluding hydrogens is 384 g/mol. The van der Waals surface area contributed by atoms with Crippen LogP contribution in [0, 0.1) is 13.8 Å². The van der Waals surface area contributed by atoms with Gasteiger partial charge < -0.3 is 9.67 Å². The first kappa shape index (κ1) is 19.3. The van der Waals surface area contributed by atoms with Crippen LogP contribution in [-0.4, -0.2) is 21.6 Å². The predicted octanol–water partition coefficient (Wildman–Crippen LogP) is 4.75. The SMILES string of the molecule is CCC(C(=O)O)n1/c(=N/C(=O)c2cccc(Cl)c2)sc2cc(C)c(C)cc21. The zero-order valence-corrected chi connectivity index (χ0v) is 16.8. The number of aromatic nitrogens is 1. The minimum absolute atomic E-state index is 0.363. The van der Waals surface area contributed by atoms with Gasteiger partial charge in [0.25, 0.3) is 5.91 Å². The zero-order valence-electron chi connectivity index (χ0n) is 15.2. The minimum Gasteiger partial charge on any atom is -0.480 e. The molecule has 0 aliphatic carbocycles. The van der Waals surface area contributed by atoms with Gasteiger partial charge >= 0.3 is 5.97 Å². The molecule has 0 saturated carbocycles. The van der Waals surface area contributed by atoms with Gasteiger partial charge in [-0.15, -0.1) is 0 Å². The van der Waals surface area contributed by atoms with E-state index in [0.29, 0.717) is 21.8 Å². The van der Waals surface area contributed by atoms with Crippen molar-refractivity contribution in [2.24, 2.45) is 4.99 Å². The fourth-order valence-corrected chi connectivity index (χ4v) is 4.25. The van der Waals surface area contributed by atoms with Gasteiger partial charge in [-0.1, -0.05) is 35.9 Å². The summed E-state index contributed by atoms with van der Waals surface area (Å²) in [6.07, 6.45) is 0.382. The van der Waals surface area contributed by atoms with Gasteiger partial charge in [0.1, 0.15) is 6.04 Å². The Kier molecular flexibility index (Phi) is 5.48. The van der Waals surface area contributed by atoms with Crippen LogP contribution in [0.3, 0.4) is 0 Å². The van der Waals surface area contributed by atoms with Gasteiger partial charge in [-0.3, -0.25) is 4.79 Å². The number of hydrogen-bond acceptors (Lipinski definition) is 3. The van der Waals surface area contributed by atoms with Gasteiger partial charge in [-0.05, 0) is 61.7 Å². The number of carboxylic acid groups (broad SMARTS) is 1. The van der Waals surface area contributed by atoms with Crippen molar-refractivity contribution >= 4 is 45.0 Å². The minimum atomic E-state index is -0.952. The van der Waals surface area contributed by atoms with E-state index in [1.165, 1.54) is 11.3 Å². The third-order valence-corrected chi connectivity index (χ3v) is 5.75. The molecule has 1 N–H and O–H groups in total. The number of carbonyl (C=O) groups is 2. The van der Waals surface area contributed by atoms with Crippen LogP contribution < -0.4 is 4.80 Å². The fourth-order valence-electron chi connectivity index (χ4n) is 2.91. The van der Waals surface area contributed by atoms with E-state index in [0.717, 1.165) is 21.3 Å². The fraction of sp³-hybridized carbons (Fsp3) is 0.250. The average Bonchev–Trinajstić information content (AvgIpc) is 2.93. The van der Waals surface area contributed by atoms with Gasteiger partial charge in [-0.25, -0.2) is 4.79 Å². The van der Waals surface area contributed by atoms with E-state index in [-0.39, 0.29) is 0 Å². The normalized spacial score (nSPS) is 13.1. The molecule has 5 nitrogen and oxygen atoms in total. The maximum absolute atomic E-state index is 12.6. The highest BCUT2D eigenvalue weighted by Crippen LogP contribution is 2.26. The third-order valence-electron chi connectivity index (χ3n) is 4.49. The lowest BCUT2D eigenvalue weighted by atomic mass is 10.1. The summed E-state index contributed by atoms with van der Waals surface area (Å²) in [7, 11) is 0. The zero-order chi connectivity index (χ0) is 19.7. The first-order chi connectivity index (χ1) is 12.8. The standard InChI is InChI=1S/C20H19ClN2O3S/c1-4-15(19(25)26)23-16-8-11(2)12(3)9-17(16)27-20(23)22-18(24)13-6-5-7-14(21)10-13/h5-10,15H,4H2,1-3H3,(H,25,26)/b22-20-. The van der Waals surface area contributed by atoms with Gasteiger partial charge in [0, 0.05) is 10.6 Å². The van der Waals surface area contributed by atoms with Crippen molar-refractivity contribution in [1.82, 2.24) is 4.57 Å². The smallest absolute Gasteiger partial charge is 0.326 e. The maximum atomic E-state index is 12.6. The molecule has 2 aromatic carbocycles. The quantitative estimate of drug-likeness (QED) is 0.684. The van der Waals surface area contributed by atoms with E-state index in [1.807, 2.05) is 26.0 Å². The molecule has 0 bridgehead atoms. The number of halogens is 1. The van der Waals surface area contributed by atoms with Crippen LogP contribution in [0.5, 0.6) is 0 Å². The Bertz CT molecular complexity index is 1110. The Hall–Kier alpha value is -2.44. The molecular formula is C20H19ClN2O3S. The highest BCUT2D eigenvalue weighted by Gasteiger charge is 2.22. The summed E-state index contributed by atoms with van der Waals surface area (Å²) in [6, 6.07) is 9.71. The Labute approximate surface area is 165 Å². The number of benzene rings is 2. The Morgan fingerprint density at radius 3 is 2.56 bits per heavy atom. The van der Waals surface area contributed by atoms with Crippen LogP contribution in [0.15, 0.2) is 41.4 Å². The first-order valence-electron chi connectivity index (χ1n) is 8.51. The van der Waals surface area contributed by atoms with Crippen molar-refractivity contribution in [3.05, 3.63) is 62.9 Å². The van der Waals surface area contributed by atoms with Crippen LogP contribution in [0.4, 0.5) is 0 Å². The molecule has 3 rings (SSSR count). The molecule has 0 fully saturated rings. The molecule has 1 amide bonds. The molecule has 0 spiro atoms. The van der Waals surface area contributed by atoms with E-state index in [4.69, 9.17) is 11.6 Å². The number of amides is 1. The van der Waals surface area contributed by atoms with Crippen molar-refractivity contribution < 1.29 is 14.7 Å². The summed E-state index contributed by atoms with van der Waals surface area (Å²) in [4.78, 5) is 29.1. The largest absolute Gasteiger partial charge is 0.480 e. The number of thiazole rings is 1. The molecule has 1 aromatic heterocycles. The van der Waals surface area contributed by atoms with E-state index >= 15 is 0 Å². The molecule has 1 heterocycles. The van der Waals surface area contributed by atoms with Crippen molar-refractivity contribution in [3.63, 3.8) is 0 Å². The van der Waals surface area contributed by atoms with E-state index in [9.17, 15) is 14.7 Å². The van der Waals surface area contributed by atoms with Gasteiger partial charge in [0.15, 0.2) is 4.80 Å². The molecule has 1 atom stereocenters. The highest BCUT2D eigenvalue weighted by atomic mass is 35.5. The molecule has 140 valence electrons. The van der Waals surface area contributed by atoms with Crippen LogP contribution in [0.25, 0.3) is 10.2 Å². The van der Waals surface area contributed by atoms with Crippen LogP contribution in [0.1, 0.15) is 40.9 Å². The lowest BCUT2D eigenvalue weighted by molar-refractivity contribution is -0.140. The molecule has 0 aliphatic heterocycles. The summed E-state index contributed by atoms with van der Waals surface area (Å²) in [5, 5.41) is 10.1. The van der Waals surface area contributed by atoms with Gasteiger partial charge in [0.2, 0.25) is 0 Å². The van der Waals surface area contributed by atoms with Crippen LogP contribution in [0.2, 0.25) is 5.02 Å². The van der Waals surface area contributed by atoms with Gasteiger partial charge in [-0.2, -0.15) is 4.99 Å². The van der Waals surface area contributed by atoms with Crippen molar-refractivity contribution in [3.8, 4) is 0 Å². The van der Waals surface area contributed by atoms with E-state index in [2.05, 4.69) is 4.99 Å². The number of carboxylic acids is 1. The number of hydrogen-bond donors (Lipinski definition) is 1. The molecule has 3 aromatic rings. The number of aliphatic carboxylic acids is 1. The molecule has 0 radical (unpaired) electrons. The lowest BCUT2D eigenvalue weighted by Crippen LogP contribution is -2.27. The van der Waals surface area contributed by atoms with Crippen LogP contribution in [-0.2, 0) is 4.79 Å². The molecule has 27 heavy (non-hydrogen) atoms. The van der Waals surface area contributed by atoms with Crippen molar-refractivity contribution in [1.29, 1.82) is 0 Å². The topological polar surface area (TPSA) is 71.7 Å². The number of rotatable bonds is 4. The molecule has 7 heteroatoms. The van der Waals surface area contributed by atoms with Gasteiger partial charge in [0.05, 0.1) is 10.2 Å². The summed E-state index contributed by atoms with van der Waals surface area (Å²) >= 11 is 7.28. The molecule has 0 aliphatic rings. The lowest BCUT2D eigenvalue weighted by Gasteiger charge is -2.14. The Morgan fingerprint density at radius 2 is 1.93 bits per heavy atom. The maximum Gasteiger partial charge on any atom is 0.326 e. The Balaban J connectivity index is 2.28. The number of nitrogens with zero attached hydrogens (tertiary/aromatic N) is 2. The molecule has 0 saturated heterocycles. The Morgan fingerprint density at radius 1 is 1.22 bits per heavy atom. The van der Waals surface area contributed by atoms with E-state index in [1.54, 1.807) is 35.8 Å². The number of aryl methyl sites for hydroxylation is 2. The third kappa shape index (κ3) is 3.82. The van der Waals surface area contributed by atoms with Crippen molar-refractivity contribution in [2.45, 2.75) is 33.2 Å². The predicted molar refractivity (Wildman–Crippen MR) is 108 cm³/mol. The summed E-state index contributed by atoms with van der Waals surface area (Å²) in [5.74, 6) is -1.40. The second-order valence-electron chi connectivity index (χ2n) is 6.35. The summed E-state index contributed by atoms with van der Waals surface area (Å²) < 4.78 is 2.55. The second kappa shape index (κ2) is 7.66. The van der Waals surface area contributed by atoms with Crippen LogP contribution >= 0.6 is 22.9 Å². The summed E-state index contributed by atoms with van der Waals surface area (Å²) in [5.41, 5.74) is 3.30. The first-order valence-corrected chi connectivity index (χ1v) is 9.71. The second-order valence-corrected chi connectivity index (χ2v) is 7.79. The highest BCUT2D eigenvalue weighted by molar-refractivity contribution is 7.16. The van der Waals surface area contributed by atoms with Crippen molar-refractivity contribution in [2.75, 3.05) is 0 Å². The average molecular weight is 403 g/mol. The number of carbonyl (C=O) groups excluding carboxylic acids is 1. The number of fused-ring (bicyclic) bond motifs is 1. The molecule has 1 unspecified atom stereocenters. The van der Waals surface area contributed by atoms with E-state index < -0.39 is 17.9 Å². The monoisotopic (exact) mass is 402 g/mol. The summed E-state index contributed by atoms with van der Waals surface area (Å²) in [6.45, 7) is 5.78.